The molecule has 2 aromatic heterocycles. The van der Waals surface area contributed by atoms with Crippen molar-refractivity contribution in [2.24, 2.45) is 0 Å². The lowest BCUT2D eigenvalue weighted by molar-refractivity contribution is -0.0361. The molecule has 3 rings (SSSR count). The van der Waals surface area contributed by atoms with Gasteiger partial charge < -0.3 is 10.6 Å². The zero-order valence-corrected chi connectivity index (χ0v) is 15.5. The smallest absolute Gasteiger partial charge is 0.248 e. The predicted molar refractivity (Wildman–Crippen MR) is 99.7 cm³/mol. The molecule has 1 unspecified atom stereocenters. The summed E-state index contributed by atoms with van der Waals surface area (Å²) in [7, 11) is 1.72. The van der Waals surface area contributed by atoms with Gasteiger partial charge in [0.1, 0.15) is 16.6 Å². The molecule has 1 saturated carbocycles. The first-order chi connectivity index (χ1) is 12.4. The maximum atomic E-state index is 13.3. The molecular formula is C16H23F2N7S. The molecule has 0 aliphatic heterocycles. The monoisotopic (exact) mass is 383 g/mol. The lowest BCUT2D eigenvalue weighted by Crippen LogP contribution is -2.32. The summed E-state index contributed by atoms with van der Waals surface area (Å²) in [6.07, 6.45) is 2.42. The number of halogens is 2. The molecule has 26 heavy (non-hydrogen) atoms. The number of anilines is 3. The minimum absolute atomic E-state index is 0.00596. The van der Waals surface area contributed by atoms with Crippen LogP contribution in [0.4, 0.5) is 26.4 Å². The third-order valence-electron chi connectivity index (χ3n) is 4.22. The molecule has 1 aliphatic carbocycles. The molecule has 142 valence electrons. The van der Waals surface area contributed by atoms with Crippen molar-refractivity contribution in [1.82, 2.24) is 20.4 Å². The Bertz CT molecular complexity index is 701. The Labute approximate surface area is 155 Å². The van der Waals surface area contributed by atoms with E-state index in [1.165, 1.54) is 0 Å². The SMILES string of the molecule is CNNc1nc(NC2CCC(F)(F)CC2)cc(NC(C)c2nccs2)n1. The van der Waals surface area contributed by atoms with Gasteiger partial charge in [0.2, 0.25) is 11.9 Å². The Morgan fingerprint density at radius 3 is 2.62 bits per heavy atom. The van der Waals surface area contributed by atoms with Crippen molar-refractivity contribution in [2.45, 2.75) is 50.6 Å². The Morgan fingerprint density at radius 1 is 1.23 bits per heavy atom. The molecule has 1 atom stereocenters. The Balaban J connectivity index is 1.71. The van der Waals surface area contributed by atoms with Crippen LogP contribution < -0.4 is 21.5 Å². The number of hydrogen-bond donors (Lipinski definition) is 4. The van der Waals surface area contributed by atoms with Crippen LogP contribution in [0.1, 0.15) is 43.7 Å². The van der Waals surface area contributed by atoms with Gasteiger partial charge in [0.25, 0.3) is 0 Å². The van der Waals surface area contributed by atoms with Gasteiger partial charge in [0, 0.05) is 43.6 Å². The largest absolute Gasteiger partial charge is 0.367 e. The quantitative estimate of drug-likeness (QED) is 0.543. The number of rotatable bonds is 7. The highest BCUT2D eigenvalue weighted by molar-refractivity contribution is 7.09. The zero-order chi connectivity index (χ0) is 18.6. The normalized spacial score (nSPS) is 18.3. The number of hydrazine groups is 1. The van der Waals surface area contributed by atoms with E-state index in [4.69, 9.17) is 0 Å². The molecule has 4 N–H and O–H groups in total. The van der Waals surface area contributed by atoms with Gasteiger partial charge in [0.05, 0.1) is 6.04 Å². The Morgan fingerprint density at radius 2 is 1.96 bits per heavy atom. The minimum atomic E-state index is -2.54. The summed E-state index contributed by atoms with van der Waals surface area (Å²) in [6, 6.07) is 1.77. The number of hydrogen-bond acceptors (Lipinski definition) is 8. The van der Waals surface area contributed by atoms with E-state index in [9.17, 15) is 8.78 Å². The van der Waals surface area contributed by atoms with Gasteiger partial charge in [-0.15, -0.1) is 11.3 Å². The van der Waals surface area contributed by atoms with Crippen LogP contribution in [0, 0.1) is 0 Å². The molecule has 10 heteroatoms. The van der Waals surface area contributed by atoms with E-state index in [0.29, 0.717) is 30.4 Å². The molecule has 2 aromatic rings. The molecule has 0 aromatic carbocycles. The van der Waals surface area contributed by atoms with Crippen molar-refractivity contribution in [3.8, 4) is 0 Å². The van der Waals surface area contributed by atoms with E-state index < -0.39 is 5.92 Å². The van der Waals surface area contributed by atoms with E-state index in [2.05, 4.69) is 36.4 Å². The molecule has 0 amide bonds. The standard InChI is InChI=1S/C16H23F2N7S/c1-10(14-20-7-8-26-14)21-12-9-13(24-15(23-12)25-19-2)22-11-3-5-16(17,18)6-4-11/h7-11,19H,3-6H2,1-2H3,(H3,21,22,23,24,25). The lowest BCUT2D eigenvalue weighted by Gasteiger charge is -2.29. The summed E-state index contributed by atoms with van der Waals surface area (Å²) in [5, 5.41) is 9.44. The summed E-state index contributed by atoms with van der Waals surface area (Å²) in [6.45, 7) is 2.00. The third-order valence-corrected chi connectivity index (χ3v) is 5.18. The fourth-order valence-corrected chi connectivity index (χ4v) is 3.53. The van der Waals surface area contributed by atoms with Crippen molar-refractivity contribution in [3.63, 3.8) is 0 Å². The van der Waals surface area contributed by atoms with Crippen LogP contribution >= 0.6 is 11.3 Å². The summed E-state index contributed by atoms with van der Waals surface area (Å²) in [5.41, 5.74) is 5.66. The topological polar surface area (TPSA) is 86.8 Å². The molecule has 0 saturated heterocycles. The van der Waals surface area contributed by atoms with Crippen LogP contribution in [0.3, 0.4) is 0 Å². The summed E-state index contributed by atoms with van der Waals surface area (Å²) in [5.74, 6) is -0.920. The van der Waals surface area contributed by atoms with Gasteiger partial charge >= 0.3 is 0 Å². The van der Waals surface area contributed by atoms with Crippen molar-refractivity contribution in [3.05, 3.63) is 22.7 Å². The van der Waals surface area contributed by atoms with Crippen molar-refractivity contribution in [1.29, 1.82) is 0 Å². The number of nitrogens with zero attached hydrogens (tertiary/aromatic N) is 3. The van der Waals surface area contributed by atoms with Gasteiger partial charge in [-0.25, -0.2) is 19.2 Å². The van der Waals surface area contributed by atoms with Crippen LogP contribution in [0.2, 0.25) is 0 Å². The van der Waals surface area contributed by atoms with Crippen LogP contribution in [-0.4, -0.2) is 34.0 Å². The van der Waals surface area contributed by atoms with Gasteiger partial charge in [0.15, 0.2) is 0 Å². The van der Waals surface area contributed by atoms with E-state index in [1.807, 2.05) is 12.3 Å². The third kappa shape index (κ3) is 4.98. The van der Waals surface area contributed by atoms with Crippen LogP contribution in [0.5, 0.6) is 0 Å². The number of aromatic nitrogens is 3. The first-order valence-corrected chi connectivity index (χ1v) is 9.45. The molecule has 0 spiro atoms. The number of thiazole rings is 1. The van der Waals surface area contributed by atoms with Crippen molar-refractivity contribution >= 4 is 28.9 Å². The van der Waals surface area contributed by atoms with Crippen molar-refractivity contribution < 1.29 is 8.78 Å². The Kier molecular flexibility index (Phi) is 5.82. The first-order valence-electron chi connectivity index (χ1n) is 8.57. The second-order valence-corrected chi connectivity index (χ2v) is 7.27. The van der Waals surface area contributed by atoms with E-state index in [0.717, 1.165) is 5.01 Å². The maximum absolute atomic E-state index is 13.3. The van der Waals surface area contributed by atoms with Crippen LogP contribution in [0.25, 0.3) is 0 Å². The second-order valence-electron chi connectivity index (χ2n) is 6.35. The molecule has 0 bridgehead atoms. The average molecular weight is 383 g/mol. The molecule has 1 fully saturated rings. The number of nitrogens with one attached hydrogen (secondary N) is 4. The Hall–Kier alpha value is -2.07. The average Bonchev–Trinajstić information content (AvgIpc) is 3.12. The molecule has 2 heterocycles. The van der Waals surface area contributed by atoms with E-state index in [-0.39, 0.29) is 24.9 Å². The maximum Gasteiger partial charge on any atom is 0.248 e. The van der Waals surface area contributed by atoms with Gasteiger partial charge in [-0.2, -0.15) is 9.97 Å². The van der Waals surface area contributed by atoms with Crippen LogP contribution in [-0.2, 0) is 0 Å². The van der Waals surface area contributed by atoms with Gasteiger partial charge in [-0.3, -0.25) is 5.43 Å². The lowest BCUT2D eigenvalue weighted by atomic mass is 9.92. The summed E-state index contributed by atoms with van der Waals surface area (Å²) < 4.78 is 26.7. The first kappa shape index (κ1) is 18.7. The molecular weight excluding hydrogens is 360 g/mol. The fraction of sp³-hybridized carbons (Fsp3) is 0.562. The van der Waals surface area contributed by atoms with E-state index >= 15 is 0 Å². The molecule has 1 aliphatic rings. The number of alkyl halides is 2. The summed E-state index contributed by atoms with van der Waals surface area (Å²) >= 11 is 1.57. The second kappa shape index (κ2) is 8.09. The highest BCUT2D eigenvalue weighted by atomic mass is 32.1. The minimum Gasteiger partial charge on any atom is -0.367 e. The van der Waals surface area contributed by atoms with Crippen LogP contribution in [0.15, 0.2) is 17.6 Å². The van der Waals surface area contributed by atoms with Gasteiger partial charge in [-0.1, -0.05) is 0 Å². The summed E-state index contributed by atoms with van der Waals surface area (Å²) in [4.78, 5) is 13.1. The molecule has 0 radical (unpaired) electrons. The highest BCUT2D eigenvalue weighted by Crippen LogP contribution is 2.34. The predicted octanol–water partition coefficient (Wildman–Crippen LogP) is 3.64. The zero-order valence-electron chi connectivity index (χ0n) is 14.7. The van der Waals surface area contributed by atoms with Crippen molar-refractivity contribution in [2.75, 3.05) is 23.1 Å². The van der Waals surface area contributed by atoms with E-state index in [1.54, 1.807) is 30.6 Å². The highest BCUT2D eigenvalue weighted by Gasteiger charge is 2.35. The van der Waals surface area contributed by atoms with Gasteiger partial charge in [-0.05, 0) is 19.8 Å². The molecule has 7 nitrogen and oxygen atoms in total. The fourth-order valence-electron chi connectivity index (χ4n) is 2.89.